The molecule has 10 heavy (non-hydrogen) atoms. The van der Waals surface area contributed by atoms with Crippen molar-refractivity contribution in [2.75, 3.05) is 0 Å². The van der Waals surface area contributed by atoms with E-state index in [9.17, 15) is 4.79 Å². The van der Waals surface area contributed by atoms with Crippen LogP contribution in [-0.2, 0) is 9.53 Å². The molecule has 2 rings (SSSR count). The minimum absolute atomic E-state index is 0.0726. The van der Waals surface area contributed by atoms with Gasteiger partial charge >= 0.3 is 0 Å². The first-order valence-corrected chi connectivity index (χ1v) is 3.73. The topological polar surface area (TPSA) is 29.6 Å². The summed E-state index contributed by atoms with van der Waals surface area (Å²) in [5.74, 6) is 0.286. The fourth-order valence-electron chi connectivity index (χ4n) is 1.30. The SMILES string of the molecule is O=C1CCC/C=C\C2OC12. The van der Waals surface area contributed by atoms with Crippen molar-refractivity contribution in [3.63, 3.8) is 0 Å². The number of hydrogen-bond acceptors (Lipinski definition) is 2. The van der Waals surface area contributed by atoms with Crippen LogP contribution in [0.2, 0.25) is 0 Å². The van der Waals surface area contributed by atoms with E-state index in [4.69, 9.17) is 4.74 Å². The lowest BCUT2D eigenvalue weighted by Crippen LogP contribution is -2.09. The smallest absolute Gasteiger partial charge is 0.164 e. The Morgan fingerprint density at radius 2 is 2.50 bits per heavy atom. The van der Waals surface area contributed by atoms with E-state index in [2.05, 4.69) is 6.08 Å². The summed E-state index contributed by atoms with van der Waals surface area (Å²) >= 11 is 0. The third-order valence-electron chi connectivity index (χ3n) is 1.96. The molecule has 2 atom stereocenters. The van der Waals surface area contributed by atoms with Gasteiger partial charge in [-0.2, -0.15) is 0 Å². The van der Waals surface area contributed by atoms with Crippen molar-refractivity contribution < 1.29 is 9.53 Å². The summed E-state index contributed by atoms with van der Waals surface area (Å²) in [6.45, 7) is 0. The highest BCUT2D eigenvalue weighted by atomic mass is 16.6. The van der Waals surface area contributed by atoms with Crippen LogP contribution in [0.25, 0.3) is 0 Å². The van der Waals surface area contributed by atoms with Gasteiger partial charge in [-0.05, 0) is 12.8 Å². The maximum Gasteiger partial charge on any atom is 0.164 e. The molecular weight excluding hydrogens is 128 g/mol. The average Bonchev–Trinajstić information content (AvgIpc) is 2.62. The maximum absolute atomic E-state index is 11.0. The number of epoxide rings is 1. The Kier molecular flexibility index (Phi) is 1.34. The molecule has 1 fully saturated rings. The molecule has 0 aromatic carbocycles. The van der Waals surface area contributed by atoms with Crippen LogP contribution in [0, 0.1) is 0 Å². The Morgan fingerprint density at radius 1 is 1.60 bits per heavy atom. The number of hydrogen-bond donors (Lipinski definition) is 0. The number of fused-ring (bicyclic) bond motifs is 1. The largest absolute Gasteiger partial charge is 0.357 e. The van der Waals surface area contributed by atoms with Gasteiger partial charge in [-0.15, -0.1) is 0 Å². The van der Waals surface area contributed by atoms with E-state index >= 15 is 0 Å². The van der Waals surface area contributed by atoms with E-state index in [0.29, 0.717) is 6.42 Å². The molecule has 54 valence electrons. The lowest BCUT2D eigenvalue weighted by Gasteiger charge is -1.96. The number of carbonyl (C=O) groups is 1. The van der Waals surface area contributed by atoms with Crippen LogP contribution in [-0.4, -0.2) is 18.0 Å². The van der Waals surface area contributed by atoms with Crippen LogP contribution >= 0.6 is 0 Å². The quantitative estimate of drug-likeness (QED) is 0.370. The van der Waals surface area contributed by atoms with Gasteiger partial charge in [-0.25, -0.2) is 0 Å². The van der Waals surface area contributed by atoms with Gasteiger partial charge in [0.15, 0.2) is 5.78 Å². The lowest BCUT2D eigenvalue weighted by molar-refractivity contribution is -0.120. The number of carbonyl (C=O) groups excluding carboxylic acids is 1. The van der Waals surface area contributed by atoms with Gasteiger partial charge in [0.25, 0.3) is 0 Å². The molecule has 0 spiro atoms. The van der Waals surface area contributed by atoms with Crippen LogP contribution in [0.3, 0.4) is 0 Å². The van der Waals surface area contributed by atoms with E-state index < -0.39 is 0 Å². The van der Waals surface area contributed by atoms with Gasteiger partial charge < -0.3 is 4.74 Å². The second-order valence-electron chi connectivity index (χ2n) is 2.81. The molecule has 1 saturated heterocycles. The standard InChI is InChI=1S/C8H10O2/c9-6-4-2-1-3-5-7-8(6)10-7/h3,5,7-8H,1-2,4H2/b5-3-. The highest BCUT2D eigenvalue weighted by Crippen LogP contribution is 2.27. The molecule has 2 aliphatic rings. The molecule has 0 radical (unpaired) electrons. The molecule has 0 saturated carbocycles. The van der Waals surface area contributed by atoms with E-state index in [1.807, 2.05) is 6.08 Å². The summed E-state index contributed by atoms with van der Waals surface area (Å²) in [5, 5.41) is 0. The molecule has 1 aliphatic heterocycles. The Hall–Kier alpha value is -0.630. The maximum atomic E-state index is 11.0. The zero-order valence-electron chi connectivity index (χ0n) is 5.75. The molecule has 0 aromatic rings. The number of Topliss-reactive ketones (excluding diaryl/α,β-unsaturated/α-hetero) is 1. The van der Waals surface area contributed by atoms with E-state index in [1.54, 1.807) is 0 Å². The molecule has 1 heterocycles. The Labute approximate surface area is 59.9 Å². The summed E-state index contributed by atoms with van der Waals surface area (Å²) in [6.07, 6.45) is 6.88. The second-order valence-corrected chi connectivity index (χ2v) is 2.81. The van der Waals surface area contributed by atoms with Crippen molar-refractivity contribution in [2.24, 2.45) is 0 Å². The van der Waals surface area contributed by atoms with Crippen LogP contribution in [0.1, 0.15) is 19.3 Å². The minimum atomic E-state index is -0.0726. The summed E-state index contributed by atoms with van der Waals surface area (Å²) in [5.41, 5.74) is 0. The number of rotatable bonds is 0. The Balaban J connectivity index is 2.07. The van der Waals surface area contributed by atoms with Gasteiger partial charge in [0.05, 0.1) is 0 Å². The van der Waals surface area contributed by atoms with E-state index in [1.165, 1.54) is 0 Å². The molecule has 2 nitrogen and oxygen atoms in total. The first-order valence-electron chi connectivity index (χ1n) is 3.73. The van der Waals surface area contributed by atoms with Crippen LogP contribution in [0.4, 0.5) is 0 Å². The number of ether oxygens (including phenoxy) is 1. The van der Waals surface area contributed by atoms with Crippen molar-refractivity contribution in [1.29, 1.82) is 0 Å². The number of allylic oxidation sites excluding steroid dienone is 1. The predicted octanol–water partition coefficient (Wildman–Crippen LogP) is 1.06. The van der Waals surface area contributed by atoms with E-state index in [-0.39, 0.29) is 18.0 Å². The zero-order valence-corrected chi connectivity index (χ0v) is 5.75. The van der Waals surface area contributed by atoms with Gasteiger partial charge in [-0.3, -0.25) is 4.79 Å². The lowest BCUT2D eigenvalue weighted by atomic mass is 10.1. The molecule has 0 amide bonds. The average molecular weight is 138 g/mol. The highest BCUT2D eigenvalue weighted by Gasteiger charge is 2.42. The van der Waals surface area contributed by atoms with Gasteiger partial charge in [0.1, 0.15) is 12.2 Å². The third-order valence-corrected chi connectivity index (χ3v) is 1.96. The van der Waals surface area contributed by atoms with Gasteiger partial charge in [-0.1, -0.05) is 12.2 Å². The van der Waals surface area contributed by atoms with Gasteiger partial charge in [0.2, 0.25) is 0 Å². The predicted molar refractivity (Wildman–Crippen MR) is 36.7 cm³/mol. The molecule has 2 unspecified atom stereocenters. The zero-order chi connectivity index (χ0) is 6.97. The molecule has 0 N–H and O–H groups in total. The van der Waals surface area contributed by atoms with Crippen LogP contribution in [0.15, 0.2) is 12.2 Å². The fourth-order valence-corrected chi connectivity index (χ4v) is 1.30. The Morgan fingerprint density at radius 3 is 3.40 bits per heavy atom. The highest BCUT2D eigenvalue weighted by molar-refractivity contribution is 5.86. The third kappa shape index (κ3) is 0.991. The van der Waals surface area contributed by atoms with Crippen molar-refractivity contribution >= 4 is 5.78 Å². The summed E-state index contributed by atoms with van der Waals surface area (Å²) in [6, 6.07) is 0. The molecule has 0 bridgehead atoms. The summed E-state index contributed by atoms with van der Waals surface area (Å²) in [7, 11) is 0. The van der Waals surface area contributed by atoms with Crippen molar-refractivity contribution in [2.45, 2.75) is 31.5 Å². The second kappa shape index (κ2) is 2.20. The van der Waals surface area contributed by atoms with Crippen molar-refractivity contribution in [3.8, 4) is 0 Å². The summed E-state index contributed by atoms with van der Waals surface area (Å²) < 4.78 is 5.11. The minimum Gasteiger partial charge on any atom is -0.357 e. The Bertz CT molecular complexity index is 184. The number of ketones is 1. The first-order chi connectivity index (χ1) is 4.88. The van der Waals surface area contributed by atoms with E-state index in [0.717, 1.165) is 12.8 Å². The van der Waals surface area contributed by atoms with Crippen LogP contribution in [0.5, 0.6) is 0 Å². The molecule has 2 heteroatoms. The fraction of sp³-hybridized carbons (Fsp3) is 0.625. The van der Waals surface area contributed by atoms with Crippen LogP contribution < -0.4 is 0 Å². The monoisotopic (exact) mass is 138 g/mol. The first kappa shape index (κ1) is 6.10. The normalized spacial score (nSPS) is 41.4. The van der Waals surface area contributed by atoms with Crippen molar-refractivity contribution in [1.82, 2.24) is 0 Å². The van der Waals surface area contributed by atoms with Gasteiger partial charge in [0, 0.05) is 6.42 Å². The summed E-state index contributed by atoms with van der Waals surface area (Å²) in [4.78, 5) is 11.0. The van der Waals surface area contributed by atoms with Crippen molar-refractivity contribution in [3.05, 3.63) is 12.2 Å². The molecular formula is C8H10O2. The molecule has 1 aliphatic carbocycles. The molecule has 0 aromatic heterocycles.